The molecule has 4 atom stereocenters. The molecule has 4 N–H and O–H groups in total. The number of nitrogens with one attached hydrogen (secondary N) is 3. The molecule has 0 aliphatic carbocycles. The molecule has 0 aromatic carbocycles. The van der Waals surface area contributed by atoms with Crippen LogP contribution < -0.4 is 16.0 Å². The number of amides is 3. The third kappa shape index (κ3) is 9.28. The van der Waals surface area contributed by atoms with Gasteiger partial charge < -0.3 is 35.1 Å². The molecule has 0 aliphatic rings. The second-order valence-electron chi connectivity index (χ2n) is 8.05. The van der Waals surface area contributed by atoms with Crippen LogP contribution in [0.1, 0.15) is 37.7 Å². The van der Waals surface area contributed by atoms with Crippen LogP contribution in [-0.2, 0) is 23.9 Å². The number of ether oxygens (including phenoxy) is 2. The lowest BCUT2D eigenvalue weighted by atomic mass is 9.93. The Bertz CT molecular complexity index is 768. The predicted octanol–water partition coefficient (Wildman–Crippen LogP) is -0.721. The van der Waals surface area contributed by atoms with E-state index in [9.17, 15) is 24.3 Å². The third-order valence-electron chi connectivity index (χ3n) is 4.71. The molecule has 12 nitrogen and oxygen atoms in total. The van der Waals surface area contributed by atoms with Gasteiger partial charge in [0.15, 0.2) is 5.78 Å². The van der Waals surface area contributed by atoms with Gasteiger partial charge in [-0.3, -0.25) is 19.2 Å². The van der Waals surface area contributed by atoms with E-state index in [-0.39, 0.29) is 37.3 Å². The normalized spacial score (nSPS) is 14.8. The van der Waals surface area contributed by atoms with Gasteiger partial charge in [-0.05, 0) is 12.3 Å². The quantitative estimate of drug-likeness (QED) is 0.258. The van der Waals surface area contributed by atoms with Gasteiger partial charge in [0.1, 0.15) is 12.1 Å². The maximum Gasteiger partial charge on any atom is 0.290 e. The fourth-order valence-corrected chi connectivity index (χ4v) is 2.96. The van der Waals surface area contributed by atoms with E-state index in [0.717, 1.165) is 0 Å². The summed E-state index contributed by atoms with van der Waals surface area (Å²) in [5, 5.41) is 20.4. The SMILES string of the molecule is COCC(NC(=O)c1ccno1)C(=O)N[C@@H](COC)C(=O)N[C@@H](CC(C)C)C(=O)C(C)CO. The lowest BCUT2D eigenvalue weighted by molar-refractivity contribution is -0.134. The Labute approximate surface area is 192 Å². The molecule has 3 amide bonds. The van der Waals surface area contributed by atoms with Gasteiger partial charge >= 0.3 is 0 Å². The Morgan fingerprint density at radius 1 is 0.970 bits per heavy atom. The molecule has 0 saturated carbocycles. The molecule has 1 aromatic heterocycles. The molecule has 1 heterocycles. The van der Waals surface area contributed by atoms with Crippen molar-refractivity contribution in [1.29, 1.82) is 0 Å². The summed E-state index contributed by atoms with van der Waals surface area (Å²) in [4.78, 5) is 50.5. The molecule has 0 spiro atoms. The van der Waals surface area contributed by atoms with Crippen LogP contribution in [0.15, 0.2) is 16.8 Å². The Kier molecular flexibility index (Phi) is 12.3. The molecule has 12 heteroatoms. The zero-order valence-electron chi connectivity index (χ0n) is 19.6. The van der Waals surface area contributed by atoms with Gasteiger partial charge in [0.05, 0.1) is 32.1 Å². The van der Waals surface area contributed by atoms with Gasteiger partial charge in [-0.15, -0.1) is 0 Å². The number of ketones is 1. The number of hydrogen-bond donors (Lipinski definition) is 4. The number of nitrogens with zero attached hydrogens (tertiary/aromatic N) is 1. The minimum Gasteiger partial charge on any atom is -0.396 e. The Hall–Kier alpha value is -2.83. The van der Waals surface area contributed by atoms with Crippen LogP contribution >= 0.6 is 0 Å². The molecule has 0 radical (unpaired) electrons. The zero-order valence-corrected chi connectivity index (χ0v) is 19.6. The smallest absolute Gasteiger partial charge is 0.290 e. The van der Waals surface area contributed by atoms with Crippen LogP contribution in [0.25, 0.3) is 0 Å². The molecular weight excluding hydrogens is 436 g/mol. The number of carbonyl (C=O) groups excluding carboxylic acids is 4. The van der Waals surface area contributed by atoms with Crippen LogP contribution in [0.3, 0.4) is 0 Å². The Morgan fingerprint density at radius 2 is 1.52 bits per heavy atom. The summed E-state index contributed by atoms with van der Waals surface area (Å²) in [5.74, 6) is -2.97. The first-order valence-electron chi connectivity index (χ1n) is 10.6. The highest BCUT2D eigenvalue weighted by atomic mass is 16.5. The average Bonchev–Trinajstić information content (AvgIpc) is 3.31. The monoisotopic (exact) mass is 470 g/mol. The lowest BCUT2D eigenvalue weighted by Gasteiger charge is -2.26. The van der Waals surface area contributed by atoms with Crippen molar-refractivity contribution in [2.45, 2.75) is 45.3 Å². The molecule has 0 saturated heterocycles. The topological polar surface area (TPSA) is 169 Å². The van der Waals surface area contributed by atoms with Crippen LogP contribution in [0.4, 0.5) is 0 Å². The number of aromatic nitrogens is 1. The van der Waals surface area contributed by atoms with E-state index >= 15 is 0 Å². The molecule has 2 unspecified atom stereocenters. The summed E-state index contributed by atoms with van der Waals surface area (Å²) in [6.07, 6.45) is 1.65. The second kappa shape index (κ2) is 14.3. The van der Waals surface area contributed by atoms with Gasteiger partial charge in [0.25, 0.3) is 5.91 Å². The van der Waals surface area contributed by atoms with Crippen molar-refractivity contribution in [2.75, 3.05) is 34.0 Å². The highest BCUT2D eigenvalue weighted by Crippen LogP contribution is 2.11. The molecule has 0 aliphatic heterocycles. The van der Waals surface area contributed by atoms with Gasteiger partial charge in [0, 0.05) is 26.2 Å². The molecular formula is C21H34N4O8. The number of Topliss-reactive ketones (excluding diaryl/α,β-unsaturated/α-hetero) is 1. The molecule has 1 aromatic rings. The van der Waals surface area contributed by atoms with Crippen LogP contribution in [0, 0.1) is 11.8 Å². The van der Waals surface area contributed by atoms with Crippen molar-refractivity contribution in [3.05, 3.63) is 18.0 Å². The van der Waals surface area contributed by atoms with Crippen LogP contribution in [0.2, 0.25) is 0 Å². The van der Waals surface area contributed by atoms with Crippen molar-refractivity contribution in [3.8, 4) is 0 Å². The largest absolute Gasteiger partial charge is 0.396 e. The highest BCUT2D eigenvalue weighted by Gasteiger charge is 2.31. The van der Waals surface area contributed by atoms with Gasteiger partial charge in [-0.25, -0.2) is 0 Å². The molecule has 186 valence electrons. The van der Waals surface area contributed by atoms with E-state index < -0.39 is 41.8 Å². The fourth-order valence-electron chi connectivity index (χ4n) is 2.96. The van der Waals surface area contributed by atoms with E-state index in [1.165, 1.54) is 26.5 Å². The van der Waals surface area contributed by atoms with E-state index in [1.807, 2.05) is 13.8 Å². The van der Waals surface area contributed by atoms with Crippen molar-refractivity contribution in [2.24, 2.45) is 11.8 Å². The molecule has 1 rings (SSSR count). The van der Waals surface area contributed by atoms with Gasteiger partial charge in [-0.2, -0.15) is 0 Å². The molecule has 33 heavy (non-hydrogen) atoms. The minimum atomic E-state index is -1.14. The summed E-state index contributed by atoms with van der Waals surface area (Å²) in [6.45, 7) is 4.68. The maximum atomic E-state index is 12.9. The second-order valence-corrected chi connectivity index (χ2v) is 8.05. The number of hydrogen-bond acceptors (Lipinski definition) is 9. The number of methoxy groups -OCH3 is 2. The summed E-state index contributed by atoms with van der Waals surface area (Å²) in [6, 6.07) is -1.78. The number of aliphatic hydroxyl groups is 1. The van der Waals surface area contributed by atoms with Crippen molar-refractivity contribution in [3.63, 3.8) is 0 Å². The van der Waals surface area contributed by atoms with Crippen LogP contribution in [0.5, 0.6) is 0 Å². The van der Waals surface area contributed by atoms with Gasteiger partial charge in [-0.1, -0.05) is 25.9 Å². The number of carbonyl (C=O) groups is 4. The number of aliphatic hydroxyl groups excluding tert-OH is 1. The van der Waals surface area contributed by atoms with E-state index in [2.05, 4.69) is 21.1 Å². The van der Waals surface area contributed by atoms with Crippen molar-refractivity contribution in [1.82, 2.24) is 21.1 Å². The highest BCUT2D eigenvalue weighted by molar-refractivity contribution is 5.97. The summed E-state index contributed by atoms with van der Waals surface area (Å²) in [7, 11) is 2.71. The Morgan fingerprint density at radius 3 is 1.97 bits per heavy atom. The molecule has 0 fully saturated rings. The number of rotatable bonds is 15. The molecule has 0 bridgehead atoms. The maximum absolute atomic E-state index is 12.9. The first-order valence-corrected chi connectivity index (χ1v) is 10.6. The Balaban J connectivity index is 2.92. The van der Waals surface area contributed by atoms with E-state index in [1.54, 1.807) is 6.92 Å². The average molecular weight is 471 g/mol. The fraction of sp³-hybridized carbons (Fsp3) is 0.667. The predicted molar refractivity (Wildman–Crippen MR) is 116 cm³/mol. The first kappa shape index (κ1) is 28.2. The lowest BCUT2D eigenvalue weighted by Crippen LogP contribution is -2.58. The van der Waals surface area contributed by atoms with Gasteiger partial charge in [0.2, 0.25) is 17.6 Å². The summed E-state index contributed by atoms with van der Waals surface area (Å²) >= 11 is 0. The van der Waals surface area contributed by atoms with Crippen LogP contribution in [-0.4, -0.2) is 85.9 Å². The first-order chi connectivity index (χ1) is 15.6. The van der Waals surface area contributed by atoms with Crippen molar-refractivity contribution < 1.29 is 38.3 Å². The standard InChI is InChI=1S/C21H34N4O8/c1-12(2)8-14(18(27)13(3)9-26)23-19(28)15(10-31-4)24-20(29)16(11-32-5)25-21(30)17-6-7-22-33-17/h6-7,12-16,26H,8-11H2,1-5H3,(H,23,28)(H,24,29)(H,25,30)/t13?,14-,15-,16?/m0/s1. The van der Waals surface area contributed by atoms with E-state index in [4.69, 9.17) is 14.0 Å². The van der Waals surface area contributed by atoms with Crippen molar-refractivity contribution >= 4 is 23.5 Å². The van der Waals surface area contributed by atoms with E-state index in [0.29, 0.717) is 6.42 Å². The minimum absolute atomic E-state index is 0.0943. The summed E-state index contributed by atoms with van der Waals surface area (Å²) in [5.41, 5.74) is 0. The summed E-state index contributed by atoms with van der Waals surface area (Å²) < 4.78 is 14.8. The zero-order chi connectivity index (χ0) is 25.0. The third-order valence-corrected chi connectivity index (χ3v) is 4.71.